The van der Waals surface area contributed by atoms with Gasteiger partial charge >= 0.3 is 5.97 Å². The molecule has 3 saturated carbocycles. The van der Waals surface area contributed by atoms with Crippen LogP contribution < -0.4 is 0 Å². The number of carbonyl (C=O) groups is 3. The SMILES string of the molecule is C=C1C(=O)[C@@]23C(=O)[C@@H]4OC[C@]5(C=CCC(C)(C)[C@@H]45)[C@@H]2CC[C@@H]1[C@H]3OC(=O)/C=C/c1ccc2ccccc2c1. The van der Waals surface area contributed by atoms with Crippen LogP contribution in [0.4, 0.5) is 0 Å². The van der Waals surface area contributed by atoms with E-state index in [1.165, 1.54) is 6.08 Å². The van der Waals surface area contributed by atoms with Gasteiger partial charge in [0.1, 0.15) is 17.6 Å². The zero-order chi connectivity index (χ0) is 26.4. The largest absolute Gasteiger partial charge is 0.457 e. The van der Waals surface area contributed by atoms with E-state index in [0.717, 1.165) is 29.2 Å². The number of benzene rings is 2. The summed E-state index contributed by atoms with van der Waals surface area (Å²) in [5.41, 5.74) is -0.665. The number of fused-ring (bicyclic) bond motifs is 2. The molecule has 7 atom stereocenters. The second-order valence-corrected chi connectivity index (χ2v) is 12.5. The minimum atomic E-state index is -1.41. The topological polar surface area (TPSA) is 69.7 Å². The number of allylic oxidation sites excluding steroid dienone is 1. The molecular formula is C33H32O5. The lowest BCUT2D eigenvalue weighted by Crippen LogP contribution is -2.68. The predicted octanol–water partition coefficient (Wildman–Crippen LogP) is 5.49. The van der Waals surface area contributed by atoms with Crippen LogP contribution in [0.2, 0.25) is 0 Å². The second kappa shape index (κ2) is 7.86. The summed E-state index contributed by atoms with van der Waals surface area (Å²) in [6, 6.07) is 14.0. The minimum absolute atomic E-state index is 0.00508. The van der Waals surface area contributed by atoms with Crippen LogP contribution in [0.15, 0.2) is 72.8 Å². The van der Waals surface area contributed by atoms with Gasteiger partial charge in [0.25, 0.3) is 0 Å². The van der Waals surface area contributed by atoms with Crippen molar-refractivity contribution in [3.63, 3.8) is 0 Å². The highest BCUT2D eigenvalue weighted by molar-refractivity contribution is 6.20. The third kappa shape index (κ3) is 2.88. The normalized spacial score (nSPS) is 38.5. The van der Waals surface area contributed by atoms with Crippen molar-refractivity contribution in [2.24, 2.45) is 34.0 Å². The molecule has 4 bridgehead atoms. The minimum Gasteiger partial charge on any atom is -0.457 e. The smallest absolute Gasteiger partial charge is 0.331 e. The average Bonchev–Trinajstić information content (AvgIpc) is 3.32. The third-order valence-electron chi connectivity index (χ3n) is 10.3. The Hall–Kier alpha value is -3.31. The zero-order valence-electron chi connectivity index (χ0n) is 21.8. The molecule has 1 spiro atoms. The maximum atomic E-state index is 14.4. The molecule has 5 heteroatoms. The van der Waals surface area contributed by atoms with Crippen LogP contribution in [-0.2, 0) is 23.9 Å². The fourth-order valence-corrected chi connectivity index (χ4v) is 8.85. The highest BCUT2D eigenvalue weighted by Gasteiger charge is 2.80. The fourth-order valence-electron chi connectivity index (χ4n) is 8.85. The van der Waals surface area contributed by atoms with Crippen LogP contribution in [0.5, 0.6) is 0 Å². The molecule has 7 rings (SSSR count). The average molecular weight is 509 g/mol. The summed E-state index contributed by atoms with van der Waals surface area (Å²) in [5, 5.41) is 2.20. The van der Waals surface area contributed by atoms with Crippen LogP contribution in [0.1, 0.15) is 38.7 Å². The van der Waals surface area contributed by atoms with Gasteiger partial charge in [0.05, 0.1) is 6.61 Å². The number of esters is 1. The predicted molar refractivity (Wildman–Crippen MR) is 144 cm³/mol. The molecule has 4 fully saturated rings. The van der Waals surface area contributed by atoms with Crippen molar-refractivity contribution in [1.82, 2.24) is 0 Å². The first-order valence-electron chi connectivity index (χ1n) is 13.6. The molecule has 5 nitrogen and oxygen atoms in total. The van der Waals surface area contributed by atoms with Gasteiger partial charge in [-0.05, 0) is 64.6 Å². The van der Waals surface area contributed by atoms with Gasteiger partial charge in [-0.2, -0.15) is 0 Å². The third-order valence-corrected chi connectivity index (χ3v) is 10.3. The van der Waals surface area contributed by atoms with Gasteiger partial charge in [0.2, 0.25) is 0 Å². The maximum absolute atomic E-state index is 14.4. The molecule has 2 aromatic carbocycles. The Balaban J connectivity index is 1.25. The molecule has 0 unspecified atom stereocenters. The summed E-state index contributed by atoms with van der Waals surface area (Å²) in [7, 11) is 0. The molecule has 1 aliphatic heterocycles. The van der Waals surface area contributed by atoms with Crippen LogP contribution in [0.25, 0.3) is 16.8 Å². The number of Topliss-reactive ketones (excluding diaryl/α,β-unsaturated/α-hetero) is 2. The van der Waals surface area contributed by atoms with E-state index < -0.39 is 29.0 Å². The van der Waals surface area contributed by atoms with Gasteiger partial charge < -0.3 is 9.47 Å². The van der Waals surface area contributed by atoms with Gasteiger partial charge in [0, 0.05) is 23.3 Å². The number of ether oxygens (including phenoxy) is 2. The van der Waals surface area contributed by atoms with Crippen molar-refractivity contribution in [1.29, 1.82) is 0 Å². The quantitative estimate of drug-likeness (QED) is 0.237. The number of rotatable bonds is 3. The standard InChI is InChI=1S/C33H32O5/c1-19-23-12-13-24-32-16-6-15-31(2,3)27(32)26(37-18-32)29(36)33(24,28(19)35)30(23)38-25(34)14-10-20-9-11-21-7-4-5-8-22(21)17-20/h4-11,14,16-17,23-24,26-27,30H,1,12-13,15,18H2,2-3H3/b14-10+/t23-,24-,26+,27+,30+,32+,33+/m0/s1. The van der Waals surface area contributed by atoms with E-state index in [1.54, 1.807) is 6.08 Å². The molecule has 1 saturated heterocycles. The summed E-state index contributed by atoms with van der Waals surface area (Å²) >= 11 is 0. The van der Waals surface area contributed by atoms with Gasteiger partial charge in [-0.1, -0.05) is 69.0 Å². The number of carbonyl (C=O) groups excluding carboxylic acids is 3. The van der Waals surface area contributed by atoms with Gasteiger partial charge in [0.15, 0.2) is 11.6 Å². The van der Waals surface area contributed by atoms with Crippen molar-refractivity contribution < 1.29 is 23.9 Å². The first-order valence-corrected chi connectivity index (χ1v) is 13.6. The molecule has 1 heterocycles. The summed E-state index contributed by atoms with van der Waals surface area (Å²) < 4.78 is 12.3. The Morgan fingerprint density at radius 1 is 1.11 bits per heavy atom. The summed E-state index contributed by atoms with van der Waals surface area (Å²) in [6.45, 7) is 8.92. The van der Waals surface area contributed by atoms with Gasteiger partial charge in [-0.15, -0.1) is 0 Å². The molecule has 0 amide bonds. The Bertz CT molecular complexity index is 1480. The summed E-state index contributed by atoms with van der Waals surface area (Å²) in [5.74, 6) is -1.59. The van der Waals surface area contributed by atoms with Gasteiger partial charge in [-0.25, -0.2) is 4.79 Å². The highest BCUT2D eigenvalue weighted by Crippen LogP contribution is 2.71. The van der Waals surface area contributed by atoms with Gasteiger partial charge in [-0.3, -0.25) is 9.59 Å². The van der Waals surface area contributed by atoms with E-state index in [-0.39, 0.29) is 34.7 Å². The van der Waals surface area contributed by atoms with E-state index in [2.05, 4.69) is 32.6 Å². The fraction of sp³-hybridized carbons (Fsp3) is 0.424. The van der Waals surface area contributed by atoms with Crippen molar-refractivity contribution in [3.05, 3.63) is 78.4 Å². The first-order chi connectivity index (χ1) is 18.2. The lowest BCUT2D eigenvalue weighted by atomic mass is 9.41. The van der Waals surface area contributed by atoms with E-state index in [4.69, 9.17) is 9.47 Å². The first kappa shape index (κ1) is 23.8. The van der Waals surface area contributed by atoms with Crippen LogP contribution >= 0.6 is 0 Å². The zero-order valence-corrected chi connectivity index (χ0v) is 21.8. The maximum Gasteiger partial charge on any atom is 0.331 e. The van der Waals surface area contributed by atoms with Crippen molar-refractivity contribution in [2.75, 3.05) is 6.61 Å². The molecule has 194 valence electrons. The van der Waals surface area contributed by atoms with Crippen molar-refractivity contribution >= 4 is 34.4 Å². The van der Waals surface area contributed by atoms with Crippen LogP contribution in [0, 0.1) is 34.0 Å². The Kier molecular flexibility index (Phi) is 4.92. The lowest BCUT2D eigenvalue weighted by Gasteiger charge is -2.59. The molecular weight excluding hydrogens is 476 g/mol. The van der Waals surface area contributed by atoms with E-state index in [1.807, 2.05) is 42.5 Å². The number of ketones is 2. The molecule has 4 aliphatic carbocycles. The molecule has 38 heavy (non-hydrogen) atoms. The van der Waals surface area contributed by atoms with Crippen molar-refractivity contribution in [3.8, 4) is 0 Å². The highest BCUT2D eigenvalue weighted by atomic mass is 16.5. The monoisotopic (exact) mass is 508 g/mol. The Morgan fingerprint density at radius 2 is 1.89 bits per heavy atom. The Labute approximate surface area is 222 Å². The molecule has 5 aliphatic rings. The molecule has 0 aromatic heterocycles. The van der Waals surface area contributed by atoms with Crippen LogP contribution in [0.3, 0.4) is 0 Å². The second-order valence-electron chi connectivity index (χ2n) is 12.5. The van der Waals surface area contributed by atoms with Crippen LogP contribution in [-0.4, -0.2) is 36.4 Å². The molecule has 0 N–H and O–H groups in total. The summed E-state index contributed by atoms with van der Waals surface area (Å²) in [6.07, 6.45) is 8.28. The summed E-state index contributed by atoms with van der Waals surface area (Å²) in [4.78, 5) is 41.6. The van der Waals surface area contributed by atoms with Crippen molar-refractivity contribution in [2.45, 2.75) is 45.3 Å². The number of hydrogen-bond acceptors (Lipinski definition) is 5. The Morgan fingerprint density at radius 3 is 2.71 bits per heavy atom. The molecule has 2 aromatic rings. The van der Waals surface area contributed by atoms with E-state index in [0.29, 0.717) is 18.6 Å². The molecule has 0 radical (unpaired) electrons. The van der Waals surface area contributed by atoms with E-state index in [9.17, 15) is 14.4 Å². The van der Waals surface area contributed by atoms with E-state index >= 15 is 0 Å². The number of hydrogen-bond donors (Lipinski definition) is 0. The lowest BCUT2D eigenvalue weighted by molar-refractivity contribution is -0.187.